The molecule has 0 aromatic heterocycles. The molecule has 0 saturated heterocycles. The molecule has 210 valence electrons. The van der Waals surface area contributed by atoms with E-state index in [1.165, 1.54) is 0 Å². The van der Waals surface area contributed by atoms with Gasteiger partial charge in [-0.1, -0.05) is 44.5 Å². The summed E-state index contributed by atoms with van der Waals surface area (Å²) in [4.78, 5) is 28.1. The van der Waals surface area contributed by atoms with E-state index in [1.807, 2.05) is 45.0 Å². The van der Waals surface area contributed by atoms with Gasteiger partial charge in [-0.05, 0) is 49.6 Å². The molecule has 2 atom stereocenters. The van der Waals surface area contributed by atoms with Crippen molar-refractivity contribution < 1.29 is 28.5 Å². The van der Waals surface area contributed by atoms with Crippen LogP contribution < -0.4 is 20.1 Å². The van der Waals surface area contributed by atoms with Crippen LogP contribution in [0.5, 0.6) is 11.5 Å². The smallest absolute Gasteiger partial charge is 0.308 e. The fraction of sp³-hybridized carbons (Fsp3) is 0.500. The quantitative estimate of drug-likeness (QED) is 0.306. The monoisotopic (exact) mass is 568 g/mol. The highest BCUT2D eigenvalue weighted by atomic mass is 35.5. The number of nitrogens with two attached hydrogens (primary N) is 1. The predicted octanol–water partition coefficient (Wildman–Crippen LogP) is 5.32. The molecule has 1 amide bonds. The zero-order valence-electron chi connectivity index (χ0n) is 22.6. The number of esters is 1. The Morgan fingerprint density at radius 1 is 1.18 bits per heavy atom. The van der Waals surface area contributed by atoms with Crippen LogP contribution in [-0.2, 0) is 19.1 Å². The molecule has 3 rings (SSSR count). The lowest BCUT2D eigenvalue weighted by Gasteiger charge is -2.31. The lowest BCUT2D eigenvalue weighted by atomic mass is 9.94. The molecule has 2 aromatic rings. The molecule has 0 saturated carbocycles. The zero-order chi connectivity index (χ0) is 27.2. The number of hydrogen-bond donors (Lipinski definition) is 1. The molecule has 0 radical (unpaired) electrons. The molecule has 2 N–H and O–H groups in total. The molecule has 8 nitrogen and oxygen atoms in total. The van der Waals surface area contributed by atoms with Crippen LogP contribution in [0, 0.1) is 5.41 Å². The first-order valence-corrected chi connectivity index (χ1v) is 12.9. The lowest BCUT2D eigenvalue weighted by molar-refractivity contribution is -0.151. The standard InChI is InChI=1S/C28H37ClN2O6.ClH/c1-6-35-24(32)16-23-27(33)31(17-28(2,3)4)21-12-11-18(29)15-20(21)25(37-23)19-9-7-10-22(26(19)34-5)36-14-8-13-30;/h7,9-12,15,23,25H,6,8,13-14,16-17,30H2,1-5H3;1H. The second-order valence-electron chi connectivity index (χ2n) is 10.1. The van der Waals surface area contributed by atoms with Crippen LogP contribution in [0.3, 0.4) is 0 Å². The van der Waals surface area contributed by atoms with Crippen molar-refractivity contribution in [2.45, 2.75) is 52.7 Å². The van der Waals surface area contributed by atoms with Gasteiger partial charge >= 0.3 is 5.97 Å². The second-order valence-corrected chi connectivity index (χ2v) is 10.5. The van der Waals surface area contributed by atoms with Gasteiger partial charge in [-0.3, -0.25) is 9.59 Å². The summed E-state index contributed by atoms with van der Waals surface area (Å²) in [6.07, 6.45) is -1.39. The number of carbonyl (C=O) groups excluding carboxylic acids is 2. The summed E-state index contributed by atoms with van der Waals surface area (Å²) in [5, 5.41) is 0.494. The maximum absolute atomic E-state index is 13.9. The summed E-state index contributed by atoms with van der Waals surface area (Å²) < 4.78 is 23.3. The first kappa shape index (κ1) is 31.7. The predicted molar refractivity (Wildman–Crippen MR) is 151 cm³/mol. The van der Waals surface area contributed by atoms with Crippen LogP contribution in [0.25, 0.3) is 0 Å². The number of fused-ring (bicyclic) bond motifs is 1. The minimum atomic E-state index is -1.08. The molecule has 0 aliphatic carbocycles. The van der Waals surface area contributed by atoms with Gasteiger partial charge in [0.1, 0.15) is 12.2 Å². The summed E-state index contributed by atoms with van der Waals surface area (Å²) in [7, 11) is 1.55. The third-order valence-corrected chi connectivity index (χ3v) is 6.03. The average Bonchev–Trinajstić information content (AvgIpc) is 2.93. The van der Waals surface area contributed by atoms with Crippen LogP contribution in [0.1, 0.15) is 57.8 Å². The molecular weight excluding hydrogens is 531 g/mol. The Morgan fingerprint density at radius 3 is 2.55 bits per heavy atom. The van der Waals surface area contributed by atoms with Crippen molar-refractivity contribution in [3.8, 4) is 11.5 Å². The van der Waals surface area contributed by atoms with Crippen LogP contribution in [0.15, 0.2) is 36.4 Å². The average molecular weight is 570 g/mol. The second kappa shape index (κ2) is 14.0. The van der Waals surface area contributed by atoms with Crippen molar-refractivity contribution in [2.24, 2.45) is 11.1 Å². The topological polar surface area (TPSA) is 100 Å². The van der Waals surface area contributed by atoms with E-state index in [9.17, 15) is 9.59 Å². The number of anilines is 1. The summed E-state index contributed by atoms with van der Waals surface area (Å²) in [5.41, 5.74) is 7.40. The largest absolute Gasteiger partial charge is 0.492 e. The summed E-state index contributed by atoms with van der Waals surface area (Å²) in [5.74, 6) is 0.181. The van der Waals surface area contributed by atoms with E-state index in [2.05, 4.69) is 0 Å². The van der Waals surface area contributed by atoms with Gasteiger partial charge in [-0.15, -0.1) is 12.4 Å². The minimum absolute atomic E-state index is 0. The number of ether oxygens (including phenoxy) is 4. The number of rotatable bonds is 10. The van der Waals surface area contributed by atoms with E-state index in [0.717, 1.165) is 0 Å². The van der Waals surface area contributed by atoms with Crippen LogP contribution in [0.2, 0.25) is 5.02 Å². The fourth-order valence-corrected chi connectivity index (χ4v) is 4.47. The number of hydrogen-bond acceptors (Lipinski definition) is 7. The van der Waals surface area contributed by atoms with Crippen molar-refractivity contribution in [1.82, 2.24) is 0 Å². The molecule has 0 fully saturated rings. The van der Waals surface area contributed by atoms with Gasteiger partial charge in [-0.2, -0.15) is 0 Å². The van der Waals surface area contributed by atoms with E-state index in [4.69, 9.17) is 36.3 Å². The van der Waals surface area contributed by atoms with Gasteiger partial charge in [0, 0.05) is 28.4 Å². The Morgan fingerprint density at radius 2 is 1.92 bits per heavy atom. The number of carbonyl (C=O) groups is 2. The van der Waals surface area contributed by atoms with Crippen molar-refractivity contribution in [2.75, 3.05) is 38.3 Å². The molecular formula is C28H38Cl2N2O6. The van der Waals surface area contributed by atoms with E-state index < -0.39 is 18.2 Å². The highest BCUT2D eigenvalue weighted by Gasteiger charge is 2.40. The van der Waals surface area contributed by atoms with Crippen LogP contribution in [0.4, 0.5) is 5.69 Å². The number of methoxy groups -OCH3 is 1. The van der Waals surface area contributed by atoms with E-state index in [0.29, 0.717) is 59.5 Å². The molecule has 1 aliphatic rings. The molecule has 1 heterocycles. The lowest BCUT2D eigenvalue weighted by Crippen LogP contribution is -2.44. The first-order valence-electron chi connectivity index (χ1n) is 12.5. The van der Waals surface area contributed by atoms with Crippen molar-refractivity contribution in [3.05, 3.63) is 52.5 Å². The van der Waals surface area contributed by atoms with Gasteiger partial charge < -0.3 is 29.6 Å². The number of benzene rings is 2. The number of para-hydroxylation sites is 1. The summed E-state index contributed by atoms with van der Waals surface area (Å²) >= 11 is 6.45. The maximum Gasteiger partial charge on any atom is 0.308 e. The molecule has 0 bridgehead atoms. The number of amides is 1. The highest BCUT2D eigenvalue weighted by Crippen LogP contribution is 2.45. The van der Waals surface area contributed by atoms with Crippen molar-refractivity contribution in [1.29, 1.82) is 0 Å². The van der Waals surface area contributed by atoms with E-state index in [-0.39, 0.29) is 36.8 Å². The third kappa shape index (κ3) is 7.76. The minimum Gasteiger partial charge on any atom is -0.492 e. The Bertz CT molecular complexity index is 1110. The summed E-state index contributed by atoms with van der Waals surface area (Å²) in [6, 6.07) is 10.9. The Labute approximate surface area is 236 Å². The normalized spacial score (nSPS) is 17.2. The molecule has 2 aromatic carbocycles. The fourth-order valence-electron chi connectivity index (χ4n) is 4.29. The molecule has 38 heavy (non-hydrogen) atoms. The van der Waals surface area contributed by atoms with Gasteiger partial charge in [0.2, 0.25) is 0 Å². The molecule has 1 aliphatic heterocycles. The first-order chi connectivity index (χ1) is 17.6. The third-order valence-electron chi connectivity index (χ3n) is 5.80. The van der Waals surface area contributed by atoms with Crippen molar-refractivity contribution >= 4 is 41.6 Å². The Kier molecular flexibility index (Phi) is 11.7. The number of nitrogens with zero attached hydrogens (tertiary/aromatic N) is 1. The van der Waals surface area contributed by atoms with Crippen LogP contribution >= 0.6 is 24.0 Å². The van der Waals surface area contributed by atoms with Crippen LogP contribution in [-0.4, -0.2) is 51.4 Å². The zero-order valence-corrected chi connectivity index (χ0v) is 24.2. The van der Waals surface area contributed by atoms with Crippen molar-refractivity contribution in [3.63, 3.8) is 0 Å². The highest BCUT2D eigenvalue weighted by molar-refractivity contribution is 6.30. The molecule has 0 spiro atoms. The van der Waals surface area contributed by atoms with E-state index in [1.54, 1.807) is 31.1 Å². The Hall–Kier alpha value is -2.52. The van der Waals surface area contributed by atoms with Gasteiger partial charge in [-0.25, -0.2) is 0 Å². The van der Waals surface area contributed by atoms with Gasteiger partial charge in [0.05, 0.1) is 26.7 Å². The molecule has 10 heteroatoms. The maximum atomic E-state index is 13.9. The SMILES string of the molecule is CCOC(=O)CC1OC(c2cccc(OCCCN)c2OC)c2cc(Cl)ccc2N(CC(C)(C)C)C1=O.Cl. The Balaban J connectivity index is 0.00000507. The van der Waals surface area contributed by atoms with Gasteiger partial charge in [0.25, 0.3) is 5.91 Å². The van der Waals surface area contributed by atoms with Gasteiger partial charge in [0.15, 0.2) is 11.5 Å². The molecule has 2 unspecified atom stereocenters. The number of halogens is 2. The van der Waals surface area contributed by atoms with E-state index >= 15 is 0 Å². The summed E-state index contributed by atoms with van der Waals surface area (Å²) in [6.45, 7) is 9.41.